The molecule has 4 heteroatoms. The fourth-order valence-electron chi connectivity index (χ4n) is 3.05. The summed E-state index contributed by atoms with van der Waals surface area (Å²) in [6.45, 7) is 0.173. The van der Waals surface area contributed by atoms with Crippen LogP contribution in [0.15, 0.2) is 40.2 Å². The summed E-state index contributed by atoms with van der Waals surface area (Å²) in [5.41, 5.74) is 2.69. The summed E-state index contributed by atoms with van der Waals surface area (Å²) in [5.74, 6) is 0. The predicted octanol–water partition coefficient (Wildman–Crippen LogP) is 4.08. The lowest BCUT2D eigenvalue weighted by molar-refractivity contribution is 0.226. The molecule has 1 unspecified atom stereocenters. The zero-order valence-corrected chi connectivity index (χ0v) is 14.3. The smallest absolute Gasteiger partial charge is 0.0704 e. The number of aliphatic hydroxyl groups is 1. The second kappa shape index (κ2) is 7.05. The molecule has 0 bridgehead atoms. The molecule has 2 atom stereocenters. The first-order chi connectivity index (χ1) is 10.3. The van der Waals surface area contributed by atoms with Crippen LogP contribution >= 0.6 is 27.3 Å². The van der Waals surface area contributed by atoms with E-state index in [1.165, 1.54) is 32.6 Å². The van der Waals surface area contributed by atoms with Crippen LogP contribution in [0.5, 0.6) is 0 Å². The molecule has 0 spiro atoms. The van der Waals surface area contributed by atoms with Crippen LogP contribution in [0.3, 0.4) is 0 Å². The number of aryl methyl sites for hydroxylation is 1. The average Bonchev–Trinajstić information content (AvgIpc) is 2.89. The number of hydrogen-bond donors (Lipinski definition) is 2. The highest BCUT2D eigenvalue weighted by molar-refractivity contribution is 9.11. The number of nitrogens with one attached hydrogen (secondary N) is 1. The summed E-state index contributed by atoms with van der Waals surface area (Å²) in [7, 11) is 0. The Morgan fingerprint density at radius 1 is 1.33 bits per heavy atom. The SMILES string of the molecule is OC[C@@H](Cc1ccccc1)NC1CCCc2sc(Br)cc21. The lowest BCUT2D eigenvalue weighted by atomic mass is 9.93. The highest BCUT2D eigenvalue weighted by Gasteiger charge is 2.24. The van der Waals surface area contributed by atoms with Crippen LogP contribution in [0.25, 0.3) is 0 Å². The second-order valence-corrected chi connectivity index (χ2v) is 8.13. The van der Waals surface area contributed by atoms with E-state index in [-0.39, 0.29) is 12.6 Å². The molecule has 1 aromatic heterocycles. The molecule has 1 aliphatic carbocycles. The van der Waals surface area contributed by atoms with Gasteiger partial charge in [0.25, 0.3) is 0 Å². The summed E-state index contributed by atoms with van der Waals surface area (Å²) in [6, 6.07) is 13.1. The maximum Gasteiger partial charge on any atom is 0.0704 e. The van der Waals surface area contributed by atoms with Gasteiger partial charge in [0.1, 0.15) is 0 Å². The first kappa shape index (κ1) is 15.2. The molecule has 0 saturated heterocycles. The van der Waals surface area contributed by atoms with Gasteiger partial charge in [0, 0.05) is 17.0 Å². The lowest BCUT2D eigenvalue weighted by Gasteiger charge is -2.28. The van der Waals surface area contributed by atoms with Gasteiger partial charge in [0.15, 0.2) is 0 Å². The molecule has 2 nitrogen and oxygen atoms in total. The van der Waals surface area contributed by atoms with E-state index in [1.807, 2.05) is 17.4 Å². The van der Waals surface area contributed by atoms with Crippen molar-refractivity contribution in [2.45, 2.75) is 37.8 Å². The Morgan fingerprint density at radius 2 is 2.14 bits per heavy atom. The lowest BCUT2D eigenvalue weighted by Crippen LogP contribution is -2.38. The third-order valence-electron chi connectivity index (χ3n) is 4.07. The molecule has 0 fully saturated rings. The van der Waals surface area contributed by atoms with Gasteiger partial charge in [-0.05, 0) is 58.8 Å². The number of aliphatic hydroxyl groups excluding tert-OH is 1. The van der Waals surface area contributed by atoms with E-state index in [2.05, 4.69) is 51.6 Å². The van der Waals surface area contributed by atoms with Crippen molar-refractivity contribution in [2.75, 3.05) is 6.61 Å². The highest BCUT2D eigenvalue weighted by atomic mass is 79.9. The summed E-state index contributed by atoms with van der Waals surface area (Å²) >= 11 is 5.45. The molecule has 1 aromatic carbocycles. The molecule has 0 radical (unpaired) electrons. The van der Waals surface area contributed by atoms with Crippen LogP contribution in [-0.2, 0) is 12.8 Å². The van der Waals surface area contributed by atoms with Crippen LogP contribution in [0.1, 0.15) is 34.9 Å². The minimum absolute atomic E-state index is 0.113. The molecule has 0 aliphatic heterocycles. The third-order valence-corrected chi connectivity index (χ3v) is 5.78. The molecule has 112 valence electrons. The largest absolute Gasteiger partial charge is 0.395 e. The second-order valence-electron chi connectivity index (χ2n) is 5.61. The quantitative estimate of drug-likeness (QED) is 0.836. The van der Waals surface area contributed by atoms with Gasteiger partial charge in [-0.15, -0.1) is 11.3 Å². The van der Waals surface area contributed by atoms with Gasteiger partial charge in [0.2, 0.25) is 0 Å². The van der Waals surface area contributed by atoms with Crippen molar-refractivity contribution in [3.8, 4) is 0 Å². The van der Waals surface area contributed by atoms with Crippen molar-refractivity contribution in [1.29, 1.82) is 0 Å². The maximum absolute atomic E-state index is 9.70. The molecular formula is C17H20BrNOS. The Balaban J connectivity index is 1.70. The predicted molar refractivity (Wildman–Crippen MR) is 91.9 cm³/mol. The van der Waals surface area contributed by atoms with Crippen LogP contribution in [-0.4, -0.2) is 17.8 Å². The molecule has 2 N–H and O–H groups in total. The number of halogens is 1. The minimum Gasteiger partial charge on any atom is -0.395 e. The maximum atomic E-state index is 9.70. The monoisotopic (exact) mass is 365 g/mol. The zero-order valence-electron chi connectivity index (χ0n) is 11.9. The first-order valence-electron chi connectivity index (χ1n) is 7.45. The van der Waals surface area contributed by atoms with Crippen LogP contribution in [0.4, 0.5) is 0 Å². The van der Waals surface area contributed by atoms with Gasteiger partial charge in [0.05, 0.1) is 10.4 Å². The van der Waals surface area contributed by atoms with Crippen molar-refractivity contribution in [2.24, 2.45) is 0 Å². The van der Waals surface area contributed by atoms with E-state index < -0.39 is 0 Å². The van der Waals surface area contributed by atoms with Crippen molar-refractivity contribution in [3.05, 3.63) is 56.2 Å². The Labute approximate surface area is 138 Å². The van der Waals surface area contributed by atoms with E-state index in [9.17, 15) is 5.11 Å². The van der Waals surface area contributed by atoms with E-state index in [0.717, 1.165) is 12.8 Å². The zero-order chi connectivity index (χ0) is 14.7. The van der Waals surface area contributed by atoms with Crippen molar-refractivity contribution in [3.63, 3.8) is 0 Å². The average molecular weight is 366 g/mol. The summed E-state index contributed by atoms with van der Waals surface area (Å²) in [4.78, 5) is 1.49. The fourth-order valence-corrected chi connectivity index (χ4v) is 4.87. The topological polar surface area (TPSA) is 32.3 Å². The van der Waals surface area contributed by atoms with Gasteiger partial charge in [-0.1, -0.05) is 30.3 Å². The van der Waals surface area contributed by atoms with Crippen molar-refractivity contribution >= 4 is 27.3 Å². The highest BCUT2D eigenvalue weighted by Crippen LogP contribution is 2.38. The van der Waals surface area contributed by atoms with Crippen LogP contribution in [0.2, 0.25) is 0 Å². The van der Waals surface area contributed by atoms with Gasteiger partial charge in [-0.25, -0.2) is 0 Å². The Morgan fingerprint density at radius 3 is 2.90 bits per heavy atom. The molecule has 0 saturated carbocycles. The van der Waals surface area contributed by atoms with Crippen LogP contribution in [0, 0.1) is 0 Å². The number of fused-ring (bicyclic) bond motifs is 1. The Bertz CT molecular complexity index is 584. The number of thiophene rings is 1. The Kier molecular flexibility index (Phi) is 5.11. The molecule has 0 amide bonds. The van der Waals surface area contributed by atoms with E-state index >= 15 is 0 Å². The number of rotatable bonds is 5. The van der Waals surface area contributed by atoms with E-state index in [1.54, 1.807) is 0 Å². The molecular weight excluding hydrogens is 346 g/mol. The van der Waals surface area contributed by atoms with Gasteiger partial charge >= 0.3 is 0 Å². The molecule has 2 aromatic rings. The fraction of sp³-hybridized carbons (Fsp3) is 0.412. The summed E-state index contributed by atoms with van der Waals surface area (Å²) in [5, 5.41) is 13.4. The molecule has 1 aliphatic rings. The molecule has 3 rings (SSSR count). The normalized spacial score (nSPS) is 19.2. The van der Waals surface area contributed by atoms with E-state index in [4.69, 9.17) is 0 Å². The third kappa shape index (κ3) is 3.75. The Hall–Kier alpha value is -0.680. The minimum atomic E-state index is 0.113. The molecule has 21 heavy (non-hydrogen) atoms. The van der Waals surface area contributed by atoms with Gasteiger partial charge < -0.3 is 10.4 Å². The number of hydrogen-bond acceptors (Lipinski definition) is 3. The summed E-state index contributed by atoms with van der Waals surface area (Å²) in [6.07, 6.45) is 4.43. The van der Waals surface area contributed by atoms with Crippen molar-refractivity contribution < 1.29 is 5.11 Å². The van der Waals surface area contributed by atoms with Crippen molar-refractivity contribution in [1.82, 2.24) is 5.32 Å². The summed E-state index contributed by atoms with van der Waals surface area (Å²) < 4.78 is 1.21. The first-order valence-corrected chi connectivity index (χ1v) is 9.06. The molecule has 1 heterocycles. The van der Waals surface area contributed by atoms with Gasteiger partial charge in [-0.2, -0.15) is 0 Å². The van der Waals surface area contributed by atoms with Gasteiger partial charge in [-0.3, -0.25) is 0 Å². The van der Waals surface area contributed by atoms with E-state index in [0.29, 0.717) is 6.04 Å². The number of benzene rings is 1. The van der Waals surface area contributed by atoms with Crippen LogP contribution < -0.4 is 5.32 Å². The standard InChI is InChI=1S/C17H20BrNOS/c18-17-10-14-15(7-4-8-16(14)21-17)19-13(11-20)9-12-5-2-1-3-6-12/h1-3,5-6,10,13,15,19-20H,4,7-9,11H2/t13-,15?/m1/s1.